The number of fused-ring (bicyclic) bond motifs is 1. The van der Waals surface area contributed by atoms with Crippen molar-refractivity contribution in [2.75, 3.05) is 17.7 Å². The molecular weight excluding hydrogens is 384 g/mol. The standard InChI is InChI=1S/C23H22N4O.ClH/c1-16-9-3-6-12-19(16)25-23-26-20-13-7-5-11-18(20)22(27-23)24-15-17-10-4-8-14-21(17)28-2;/h3-14H,15H2,1-2H3,(H2,24,25,26,27);1H. The highest BCUT2D eigenvalue weighted by atomic mass is 35.5. The molecule has 0 fully saturated rings. The van der Waals surface area contributed by atoms with Gasteiger partial charge in [-0.05, 0) is 36.8 Å². The van der Waals surface area contributed by atoms with Gasteiger partial charge < -0.3 is 15.4 Å². The number of halogens is 1. The molecule has 0 aliphatic heterocycles. The molecule has 0 amide bonds. The van der Waals surface area contributed by atoms with Crippen molar-refractivity contribution in [2.24, 2.45) is 0 Å². The fraction of sp³-hybridized carbons (Fsp3) is 0.130. The van der Waals surface area contributed by atoms with Crippen molar-refractivity contribution in [2.45, 2.75) is 13.5 Å². The quantitative estimate of drug-likeness (QED) is 0.428. The lowest BCUT2D eigenvalue weighted by molar-refractivity contribution is 0.410. The summed E-state index contributed by atoms with van der Waals surface area (Å²) >= 11 is 0. The fourth-order valence-electron chi connectivity index (χ4n) is 3.13. The summed E-state index contributed by atoms with van der Waals surface area (Å²) in [6.45, 7) is 2.67. The number of methoxy groups -OCH3 is 1. The second-order valence-electron chi connectivity index (χ2n) is 6.52. The van der Waals surface area contributed by atoms with E-state index < -0.39 is 0 Å². The topological polar surface area (TPSA) is 59.1 Å². The van der Waals surface area contributed by atoms with Gasteiger partial charge in [0.15, 0.2) is 0 Å². The summed E-state index contributed by atoms with van der Waals surface area (Å²) in [5, 5.41) is 7.77. The Bertz CT molecular complexity index is 1120. The predicted molar refractivity (Wildman–Crippen MR) is 122 cm³/mol. The number of hydrogen-bond acceptors (Lipinski definition) is 5. The van der Waals surface area contributed by atoms with Crippen LogP contribution in [-0.4, -0.2) is 17.1 Å². The monoisotopic (exact) mass is 406 g/mol. The van der Waals surface area contributed by atoms with Crippen LogP contribution in [0.5, 0.6) is 5.75 Å². The van der Waals surface area contributed by atoms with Crippen LogP contribution in [0.2, 0.25) is 0 Å². The van der Waals surface area contributed by atoms with Gasteiger partial charge in [0.1, 0.15) is 11.6 Å². The van der Waals surface area contributed by atoms with Crippen LogP contribution in [0.25, 0.3) is 10.9 Å². The number of nitrogens with zero attached hydrogens (tertiary/aromatic N) is 2. The van der Waals surface area contributed by atoms with E-state index in [2.05, 4.69) is 28.6 Å². The third kappa shape index (κ3) is 4.58. The molecular formula is C23H23ClN4O. The van der Waals surface area contributed by atoms with Crippen molar-refractivity contribution >= 4 is 40.8 Å². The molecule has 148 valence electrons. The molecule has 5 nitrogen and oxygen atoms in total. The molecule has 0 aliphatic rings. The van der Waals surface area contributed by atoms with E-state index in [4.69, 9.17) is 9.72 Å². The highest BCUT2D eigenvalue weighted by Crippen LogP contribution is 2.26. The summed E-state index contributed by atoms with van der Waals surface area (Å²) in [5.41, 5.74) is 4.09. The summed E-state index contributed by atoms with van der Waals surface area (Å²) in [4.78, 5) is 9.41. The average molecular weight is 407 g/mol. The lowest BCUT2D eigenvalue weighted by Gasteiger charge is -2.14. The third-order valence-electron chi connectivity index (χ3n) is 4.63. The number of para-hydroxylation sites is 3. The first kappa shape index (κ1) is 20.4. The molecule has 0 radical (unpaired) electrons. The summed E-state index contributed by atoms with van der Waals surface area (Å²) in [7, 11) is 1.68. The Balaban J connectivity index is 0.00000240. The number of hydrogen-bond donors (Lipinski definition) is 2. The van der Waals surface area contributed by atoms with Crippen LogP contribution < -0.4 is 15.4 Å². The molecule has 0 spiro atoms. The van der Waals surface area contributed by atoms with Gasteiger partial charge in [-0.25, -0.2) is 4.98 Å². The van der Waals surface area contributed by atoms with Crippen molar-refractivity contribution in [3.8, 4) is 5.75 Å². The van der Waals surface area contributed by atoms with Crippen LogP contribution in [0.1, 0.15) is 11.1 Å². The van der Waals surface area contributed by atoms with Gasteiger partial charge in [0.2, 0.25) is 5.95 Å². The van der Waals surface area contributed by atoms with Gasteiger partial charge in [-0.15, -0.1) is 12.4 Å². The third-order valence-corrected chi connectivity index (χ3v) is 4.63. The number of ether oxygens (including phenoxy) is 1. The van der Waals surface area contributed by atoms with E-state index in [-0.39, 0.29) is 12.4 Å². The Morgan fingerprint density at radius 3 is 2.41 bits per heavy atom. The minimum Gasteiger partial charge on any atom is -0.496 e. The molecule has 4 rings (SSSR count). The molecule has 0 unspecified atom stereocenters. The summed E-state index contributed by atoms with van der Waals surface area (Å²) in [6, 6.07) is 24.1. The van der Waals surface area contributed by atoms with Gasteiger partial charge in [-0.1, -0.05) is 48.5 Å². The first-order chi connectivity index (χ1) is 13.7. The molecule has 0 bridgehead atoms. The lowest BCUT2D eigenvalue weighted by atomic mass is 10.2. The van der Waals surface area contributed by atoms with Crippen molar-refractivity contribution in [1.29, 1.82) is 0 Å². The van der Waals surface area contributed by atoms with E-state index in [9.17, 15) is 0 Å². The maximum absolute atomic E-state index is 5.45. The fourth-order valence-corrected chi connectivity index (χ4v) is 3.13. The van der Waals surface area contributed by atoms with Crippen molar-refractivity contribution < 1.29 is 4.74 Å². The SMILES string of the molecule is COc1ccccc1CNc1nc(Nc2ccccc2C)nc2ccccc12.Cl. The first-order valence-corrected chi connectivity index (χ1v) is 9.20. The number of benzene rings is 3. The van der Waals surface area contributed by atoms with Crippen LogP contribution >= 0.6 is 12.4 Å². The van der Waals surface area contributed by atoms with Crippen molar-refractivity contribution in [3.63, 3.8) is 0 Å². The molecule has 3 aromatic carbocycles. The van der Waals surface area contributed by atoms with E-state index in [1.165, 1.54) is 0 Å². The van der Waals surface area contributed by atoms with Gasteiger partial charge in [0, 0.05) is 23.2 Å². The summed E-state index contributed by atoms with van der Waals surface area (Å²) in [6.07, 6.45) is 0. The van der Waals surface area contributed by atoms with Crippen LogP contribution in [0.15, 0.2) is 72.8 Å². The van der Waals surface area contributed by atoms with Gasteiger partial charge in [-0.3, -0.25) is 0 Å². The number of aryl methyl sites for hydroxylation is 1. The van der Waals surface area contributed by atoms with E-state index >= 15 is 0 Å². The zero-order valence-electron chi connectivity index (χ0n) is 16.3. The Morgan fingerprint density at radius 1 is 0.862 bits per heavy atom. The molecule has 0 saturated heterocycles. The van der Waals surface area contributed by atoms with Crippen LogP contribution in [-0.2, 0) is 6.54 Å². The van der Waals surface area contributed by atoms with Gasteiger partial charge in [-0.2, -0.15) is 4.98 Å². The number of anilines is 3. The van der Waals surface area contributed by atoms with Gasteiger partial charge >= 0.3 is 0 Å². The zero-order chi connectivity index (χ0) is 19.3. The lowest BCUT2D eigenvalue weighted by Crippen LogP contribution is -2.07. The van der Waals surface area contributed by atoms with E-state index in [1.54, 1.807) is 7.11 Å². The largest absolute Gasteiger partial charge is 0.496 e. The van der Waals surface area contributed by atoms with Crippen LogP contribution in [0, 0.1) is 6.92 Å². The minimum atomic E-state index is 0. The minimum absolute atomic E-state index is 0. The molecule has 4 aromatic rings. The predicted octanol–water partition coefficient (Wildman–Crippen LogP) is 5.72. The normalized spacial score (nSPS) is 10.3. The maximum atomic E-state index is 5.45. The Labute approximate surface area is 176 Å². The zero-order valence-corrected chi connectivity index (χ0v) is 17.2. The van der Waals surface area contributed by atoms with Crippen LogP contribution in [0.3, 0.4) is 0 Å². The van der Waals surface area contributed by atoms with Gasteiger partial charge in [0.05, 0.1) is 12.6 Å². The van der Waals surface area contributed by atoms with Crippen molar-refractivity contribution in [3.05, 3.63) is 83.9 Å². The highest BCUT2D eigenvalue weighted by molar-refractivity contribution is 5.90. The number of rotatable bonds is 6. The molecule has 6 heteroatoms. The Kier molecular flexibility index (Phi) is 6.52. The molecule has 0 aliphatic carbocycles. The second kappa shape index (κ2) is 9.26. The number of nitrogens with one attached hydrogen (secondary N) is 2. The second-order valence-corrected chi connectivity index (χ2v) is 6.52. The first-order valence-electron chi connectivity index (χ1n) is 9.20. The average Bonchev–Trinajstić information content (AvgIpc) is 2.74. The highest BCUT2D eigenvalue weighted by Gasteiger charge is 2.10. The van der Waals surface area contributed by atoms with E-state index in [0.717, 1.165) is 39.3 Å². The van der Waals surface area contributed by atoms with E-state index in [0.29, 0.717) is 12.5 Å². The Morgan fingerprint density at radius 2 is 1.59 bits per heavy atom. The van der Waals surface area contributed by atoms with Gasteiger partial charge in [0.25, 0.3) is 0 Å². The molecule has 2 N–H and O–H groups in total. The Hall–Kier alpha value is -3.31. The molecule has 1 heterocycles. The smallest absolute Gasteiger partial charge is 0.229 e. The summed E-state index contributed by atoms with van der Waals surface area (Å²) in [5.74, 6) is 2.20. The van der Waals surface area contributed by atoms with Crippen LogP contribution in [0.4, 0.5) is 17.5 Å². The molecule has 1 aromatic heterocycles. The maximum Gasteiger partial charge on any atom is 0.229 e. The molecule has 29 heavy (non-hydrogen) atoms. The molecule has 0 saturated carbocycles. The molecule has 0 atom stereocenters. The van der Waals surface area contributed by atoms with E-state index in [1.807, 2.05) is 66.7 Å². The summed E-state index contributed by atoms with van der Waals surface area (Å²) < 4.78 is 5.45. The van der Waals surface area contributed by atoms with Crippen molar-refractivity contribution in [1.82, 2.24) is 9.97 Å². The number of aromatic nitrogens is 2.